The molecule has 1 aromatic rings. The Morgan fingerprint density at radius 2 is 1.71 bits per heavy atom. The van der Waals surface area contributed by atoms with Crippen molar-refractivity contribution in [1.29, 1.82) is 0 Å². The normalized spacial score (nSPS) is 20.4. The number of carbonyl (C=O) groups is 1. The third-order valence-electron chi connectivity index (χ3n) is 6.13. The summed E-state index contributed by atoms with van der Waals surface area (Å²) in [6.45, 7) is 7.50. The molecule has 6 nitrogen and oxygen atoms in total. The number of hydrogen-bond acceptors (Lipinski definition) is 4. The molecule has 0 bridgehead atoms. The second kappa shape index (κ2) is 8.93. The third kappa shape index (κ3) is 4.58. The van der Waals surface area contributed by atoms with Crippen LogP contribution in [0.2, 0.25) is 0 Å². The molecule has 0 aromatic heterocycles. The lowest BCUT2D eigenvalue weighted by Gasteiger charge is -2.38. The minimum absolute atomic E-state index is 0.0984. The molecule has 0 unspecified atom stereocenters. The molecular formula is C21H33N3O3S. The number of amides is 1. The Kier molecular flexibility index (Phi) is 6.78. The standard InChI is InChI=1S/C21H33N3O3S/c1-17(2)23-14-10-19(11-15-23)22(3)21(25)18-8-7-9-20(16-18)28(26,27)24-12-5-4-6-13-24/h7-9,16-17,19H,4-6,10-15H2,1-3H3. The molecule has 0 N–H and O–H groups in total. The predicted octanol–water partition coefficient (Wildman–Crippen LogP) is 2.81. The SMILES string of the molecule is CC(C)N1CCC(N(C)C(=O)c2cccc(S(=O)(=O)N3CCCCC3)c2)CC1. The maximum atomic E-state index is 13.0. The highest BCUT2D eigenvalue weighted by atomic mass is 32.2. The average Bonchev–Trinajstić information content (AvgIpc) is 2.73. The van der Waals surface area contributed by atoms with Crippen molar-refractivity contribution in [2.24, 2.45) is 0 Å². The Labute approximate surface area is 169 Å². The van der Waals surface area contributed by atoms with Crippen molar-refractivity contribution in [1.82, 2.24) is 14.1 Å². The van der Waals surface area contributed by atoms with E-state index in [9.17, 15) is 13.2 Å². The molecule has 1 amide bonds. The number of piperidine rings is 2. The zero-order valence-electron chi connectivity index (χ0n) is 17.3. The van der Waals surface area contributed by atoms with E-state index >= 15 is 0 Å². The van der Waals surface area contributed by atoms with E-state index in [-0.39, 0.29) is 16.8 Å². The molecular weight excluding hydrogens is 374 g/mol. The summed E-state index contributed by atoms with van der Waals surface area (Å²) in [6.07, 6.45) is 4.77. The second-order valence-electron chi connectivity index (χ2n) is 8.27. The minimum Gasteiger partial charge on any atom is -0.339 e. The Morgan fingerprint density at radius 3 is 2.32 bits per heavy atom. The molecule has 2 aliphatic heterocycles. The number of hydrogen-bond donors (Lipinski definition) is 0. The van der Waals surface area contributed by atoms with Gasteiger partial charge >= 0.3 is 0 Å². The number of likely N-dealkylation sites (tertiary alicyclic amines) is 1. The van der Waals surface area contributed by atoms with Gasteiger partial charge in [0.2, 0.25) is 10.0 Å². The van der Waals surface area contributed by atoms with E-state index in [1.165, 1.54) is 0 Å². The third-order valence-corrected chi connectivity index (χ3v) is 8.03. The summed E-state index contributed by atoms with van der Waals surface area (Å²) in [5.41, 5.74) is 0.451. The summed E-state index contributed by atoms with van der Waals surface area (Å²) in [5, 5.41) is 0. The fourth-order valence-corrected chi connectivity index (χ4v) is 5.77. The van der Waals surface area contributed by atoms with Gasteiger partial charge in [-0.05, 0) is 57.7 Å². The van der Waals surface area contributed by atoms with Crippen LogP contribution < -0.4 is 0 Å². The van der Waals surface area contributed by atoms with Crippen LogP contribution in [0.4, 0.5) is 0 Å². The van der Waals surface area contributed by atoms with Gasteiger partial charge in [0.05, 0.1) is 4.90 Å². The first-order valence-corrected chi connectivity index (χ1v) is 11.9. The molecule has 1 aromatic carbocycles. The monoisotopic (exact) mass is 407 g/mol. The maximum absolute atomic E-state index is 13.0. The van der Waals surface area contributed by atoms with E-state index in [2.05, 4.69) is 18.7 Å². The smallest absolute Gasteiger partial charge is 0.253 e. The molecule has 2 saturated heterocycles. The molecule has 0 spiro atoms. The first-order chi connectivity index (χ1) is 13.3. The second-order valence-corrected chi connectivity index (χ2v) is 10.2. The molecule has 28 heavy (non-hydrogen) atoms. The van der Waals surface area contributed by atoms with Crippen molar-refractivity contribution < 1.29 is 13.2 Å². The van der Waals surface area contributed by atoms with E-state index in [0.717, 1.165) is 45.2 Å². The van der Waals surface area contributed by atoms with Crippen LogP contribution in [0.15, 0.2) is 29.2 Å². The van der Waals surface area contributed by atoms with Crippen molar-refractivity contribution in [3.8, 4) is 0 Å². The lowest BCUT2D eigenvalue weighted by Crippen LogP contribution is -2.47. The summed E-state index contributed by atoms with van der Waals surface area (Å²) >= 11 is 0. The van der Waals surface area contributed by atoms with Crippen LogP contribution in [-0.4, -0.2) is 73.7 Å². The van der Waals surface area contributed by atoms with Crippen molar-refractivity contribution in [3.63, 3.8) is 0 Å². The van der Waals surface area contributed by atoms with E-state index in [1.807, 2.05) is 7.05 Å². The number of rotatable bonds is 5. The quantitative estimate of drug-likeness (QED) is 0.753. The molecule has 0 atom stereocenters. The number of nitrogens with zero attached hydrogens (tertiary/aromatic N) is 3. The number of carbonyl (C=O) groups excluding carboxylic acids is 1. The Bertz CT molecular complexity index is 780. The Morgan fingerprint density at radius 1 is 1.07 bits per heavy atom. The van der Waals surface area contributed by atoms with Crippen LogP contribution in [0.25, 0.3) is 0 Å². The molecule has 2 fully saturated rings. The molecule has 0 aliphatic carbocycles. The van der Waals surface area contributed by atoms with Gasteiger partial charge in [-0.1, -0.05) is 12.5 Å². The molecule has 2 aliphatic rings. The largest absolute Gasteiger partial charge is 0.339 e. The average molecular weight is 408 g/mol. The number of sulfonamides is 1. The molecule has 0 saturated carbocycles. The van der Waals surface area contributed by atoms with Gasteiger partial charge in [-0.15, -0.1) is 0 Å². The Hall–Kier alpha value is -1.44. The molecule has 0 radical (unpaired) electrons. The van der Waals surface area contributed by atoms with Crippen molar-refractivity contribution in [3.05, 3.63) is 29.8 Å². The van der Waals surface area contributed by atoms with Crippen LogP contribution in [0.5, 0.6) is 0 Å². The highest BCUT2D eigenvalue weighted by molar-refractivity contribution is 7.89. The fraction of sp³-hybridized carbons (Fsp3) is 0.667. The van der Waals surface area contributed by atoms with E-state index in [4.69, 9.17) is 0 Å². The van der Waals surface area contributed by atoms with Crippen LogP contribution in [0.3, 0.4) is 0 Å². The molecule has 7 heteroatoms. The Balaban J connectivity index is 1.72. The maximum Gasteiger partial charge on any atom is 0.253 e. The number of benzene rings is 1. The van der Waals surface area contributed by atoms with Gasteiger partial charge in [0.1, 0.15) is 0 Å². The summed E-state index contributed by atoms with van der Waals surface area (Å²) in [7, 11) is -1.69. The highest BCUT2D eigenvalue weighted by Gasteiger charge is 2.29. The van der Waals surface area contributed by atoms with E-state index < -0.39 is 10.0 Å². The van der Waals surface area contributed by atoms with Crippen LogP contribution >= 0.6 is 0 Å². The zero-order chi connectivity index (χ0) is 20.3. The van der Waals surface area contributed by atoms with Gasteiger partial charge < -0.3 is 9.80 Å². The first-order valence-electron chi connectivity index (χ1n) is 10.4. The van der Waals surface area contributed by atoms with Crippen LogP contribution in [0.1, 0.15) is 56.3 Å². The van der Waals surface area contributed by atoms with Gasteiger partial charge in [0.25, 0.3) is 5.91 Å². The van der Waals surface area contributed by atoms with Crippen molar-refractivity contribution >= 4 is 15.9 Å². The molecule has 2 heterocycles. The fourth-order valence-electron chi connectivity index (χ4n) is 4.20. The summed E-state index contributed by atoms with van der Waals surface area (Å²) in [5.74, 6) is -0.0984. The van der Waals surface area contributed by atoms with Gasteiger partial charge in [0.15, 0.2) is 0 Å². The van der Waals surface area contributed by atoms with E-state index in [1.54, 1.807) is 33.5 Å². The predicted molar refractivity (Wildman–Crippen MR) is 111 cm³/mol. The van der Waals surface area contributed by atoms with Crippen molar-refractivity contribution in [2.45, 2.75) is 62.9 Å². The van der Waals surface area contributed by atoms with E-state index in [0.29, 0.717) is 24.7 Å². The minimum atomic E-state index is -3.53. The zero-order valence-corrected chi connectivity index (χ0v) is 18.1. The summed E-state index contributed by atoms with van der Waals surface area (Å²) in [6, 6.07) is 7.27. The van der Waals surface area contributed by atoms with Gasteiger partial charge in [0, 0.05) is 50.9 Å². The van der Waals surface area contributed by atoms with Gasteiger partial charge in [-0.3, -0.25) is 4.79 Å². The summed E-state index contributed by atoms with van der Waals surface area (Å²) in [4.78, 5) is 17.5. The first kappa shape index (κ1) is 21.3. The lowest BCUT2D eigenvalue weighted by molar-refractivity contribution is 0.0615. The lowest BCUT2D eigenvalue weighted by atomic mass is 10.0. The summed E-state index contributed by atoms with van der Waals surface area (Å²) < 4.78 is 27.4. The van der Waals surface area contributed by atoms with Crippen LogP contribution in [-0.2, 0) is 10.0 Å². The van der Waals surface area contributed by atoms with Gasteiger partial charge in [-0.25, -0.2) is 8.42 Å². The van der Waals surface area contributed by atoms with Crippen molar-refractivity contribution in [2.75, 3.05) is 33.2 Å². The topological polar surface area (TPSA) is 60.9 Å². The van der Waals surface area contributed by atoms with Crippen LogP contribution in [0, 0.1) is 0 Å². The molecule has 3 rings (SSSR count). The van der Waals surface area contributed by atoms with Gasteiger partial charge in [-0.2, -0.15) is 4.31 Å². The highest BCUT2D eigenvalue weighted by Crippen LogP contribution is 2.23. The molecule has 156 valence electrons.